The molecule has 18 heavy (non-hydrogen) atoms. The number of hydrogen-bond donors (Lipinski definition) is 1. The number of nitrogens with zero attached hydrogens (tertiary/aromatic N) is 3. The van der Waals surface area contributed by atoms with Gasteiger partial charge >= 0.3 is 0 Å². The summed E-state index contributed by atoms with van der Waals surface area (Å²) < 4.78 is 0. The van der Waals surface area contributed by atoms with Crippen molar-refractivity contribution in [2.75, 3.05) is 18.0 Å². The molecule has 1 atom stereocenters. The van der Waals surface area contributed by atoms with Crippen molar-refractivity contribution in [1.29, 1.82) is 0 Å². The van der Waals surface area contributed by atoms with Gasteiger partial charge in [-0.15, -0.1) is 0 Å². The minimum atomic E-state index is 0.605. The maximum Gasteiger partial charge on any atom is 0.132 e. The number of rotatable bonds is 4. The molecule has 3 rings (SSSR count). The van der Waals surface area contributed by atoms with Gasteiger partial charge in [-0.2, -0.15) is 0 Å². The first-order valence-electron chi connectivity index (χ1n) is 7.11. The van der Waals surface area contributed by atoms with Gasteiger partial charge in [0.2, 0.25) is 0 Å². The molecule has 0 amide bonds. The summed E-state index contributed by atoms with van der Waals surface area (Å²) >= 11 is 0. The Morgan fingerprint density at radius 2 is 2.17 bits per heavy atom. The Balaban J connectivity index is 1.69. The van der Waals surface area contributed by atoms with Gasteiger partial charge < -0.3 is 10.2 Å². The van der Waals surface area contributed by atoms with E-state index in [1.165, 1.54) is 32.1 Å². The molecule has 98 valence electrons. The second-order valence-corrected chi connectivity index (χ2v) is 5.54. The van der Waals surface area contributed by atoms with Crippen LogP contribution in [0.1, 0.15) is 37.8 Å². The number of aromatic nitrogens is 2. The highest BCUT2D eigenvalue weighted by molar-refractivity contribution is 5.40. The first kappa shape index (κ1) is 11.9. The highest BCUT2D eigenvalue weighted by Gasteiger charge is 2.27. The van der Waals surface area contributed by atoms with Crippen molar-refractivity contribution in [3.05, 3.63) is 18.1 Å². The van der Waals surface area contributed by atoms with Crippen LogP contribution >= 0.6 is 0 Å². The van der Waals surface area contributed by atoms with Crippen LogP contribution in [0.5, 0.6) is 0 Å². The standard InChI is InChI=1S/C14H22N4/c1-11-8-14(17-10-16-11)18-7-3-2-4-13(18)9-15-12-5-6-12/h8,10,12-13,15H,2-7,9H2,1H3. The fraction of sp³-hybridized carbons (Fsp3) is 0.714. The van der Waals surface area contributed by atoms with E-state index in [0.29, 0.717) is 6.04 Å². The van der Waals surface area contributed by atoms with Crippen LogP contribution in [0.3, 0.4) is 0 Å². The van der Waals surface area contributed by atoms with E-state index in [1.54, 1.807) is 6.33 Å². The lowest BCUT2D eigenvalue weighted by Crippen LogP contribution is -2.46. The van der Waals surface area contributed by atoms with Gasteiger partial charge in [-0.05, 0) is 39.0 Å². The Morgan fingerprint density at radius 3 is 2.94 bits per heavy atom. The number of piperidine rings is 1. The van der Waals surface area contributed by atoms with Gasteiger partial charge in [0.25, 0.3) is 0 Å². The average molecular weight is 246 g/mol. The molecule has 0 bridgehead atoms. The van der Waals surface area contributed by atoms with Crippen LogP contribution in [-0.4, -0.2) is 35.1 Å². The summed E-state index contributed by atoms with van der Waals surface area (Å²) in [5, 5.41) is 3.66. The molecule has 1 aromatic rings. The van der Waals surface area contributed by atoms with E-state index in [9.17, 15) is 0 Å². The van der Waals surface area contributed by atoms with Gasteiger partial charge in [0.1, 0.15) is 12.1 Å². The molecule has 1 saturated heterocycles. The Bertz CT molecular complexity index is 403. The van der Waals surface area contributed by atoms with Gasteiger partial charge in [0, 0.05) is 36.9 Å². The minimum absolute atomic E-state index is 0.605. The number of anilines is 1. The summed E-state index contributed by atoms with van der Waals surface area (Å²) in [4.78, 5) is 11.1. The van der Waals surface area contributed by atoms with Crippen LogP contribution in [0.15, 0.2) is 12.4 Å². The smallest absolute Gasteiger partial charge is 0.132 e. The first-order chi connectivity index (χ1) is 8.83. The molecule has 1 N–H and O–H groups in total. The van der Waals surface area contributed by atoms with Crippen molar-refractivity contribution < 1.29 is 0 Å². The predicted molar refractivity (Wildman–Crippen MR) is 72.8 cm³/mol. The largest absolute Gasteiger partial charge is 0.352 e. The van der Waals surface area contributed by atoms with Crippen LogP contribution in [-0.2, 0) is 0 Å². The third kappa shape index (κ3) is 2.80. The van der Waals surface area contributed by atoms with Gasteiger partial charge in [0.15, 0.2) is 0 Å². The van der Waals surface area contributed by atoms with Crippen LogP contribution < -0.4 is 10.2 Å². The molecular formula is C14H22N4. The Hall–Kier alpha value is -1.16. The second kappa shape index (κ2) is 5.22. The molecule has 2 heterocycles. The molecule has 1 saturated carbocycles. The SMILES string of the molecule is Cc1cc(N2CCCCC2CNC2CC2)ncn1. The summed E-state index contributed by atoms with van der Waals surface area (Å²) in [5.74, 6) is 1.10. The summed E-state index contributed by atoms with van der Waals surface area (Å²) in [6.45, 7) is 4.27. The molecule has 0 aromatic carbocycles. The monoisotopic (exact) mass is 246 g/mol. The van der Waals surface area contributed by atoms with Gasteiger partial charge in [-0.1, -0.05) is 0 Å². The minimum Gasteiger partial charge on any atom is -0.352 e. The molecule has 0 spiro atoms. The van der Waals surface area contributed by atoms with E-state index in [2.05, 4.69) is 26.3 Å². The Morgan fingerprint density at radius 1 is 1.28 bits per heavy atom. The van der Waals surface area contributed by atoms with Crippen LogP contribution in [0, 0.1) is 6.92 Å². The molecule has 4 heteroatoms. The third-order valence-electron chi connectivity index (χ3n) is 3.93. The summed E-state index contributed by atoms with van der Waals surface area (Å²) in [5.41, 5.74) is 1.06. The lowest BCUT2D eigenvalue weighted by atomic mass is 10.0. The molecule has 4 nitrogen and oxygen atoms in total. The topological polar surface area (TPSA) is 41.0 Å². The fourth-order valence-corrected chi connectivity index (χ4v) is 2.70. The number of nitrogens with one attached hydrogen (secondary N) is 1. The average Bonchev–Trinajstić information content (AvgIpc) is 3.21. The van der Waals surface area contributed by atoms with Crippen LogP contribution in [0.2, 0.25) is 0 Å². The van der Waals surface area contributed by atoms with Crippen LogP contribution in [0.4, 0.5) is 5.82 Å². The zero-order valence-electron chi connectivity index (χ0n) is 11.1. The molecule has 2 aliphatic rings. The molecule has 0 radical (unpaired) electrons. The van der Waals surface area contributed by atoms with E-state index in [1.807, 2.05) is 6.92 Å². The van der Waals surface area contributed by atoms with Crippen molar-refractivity contribution in [2.45, 2.75) is 51.1 Å². The lowest BCUT2D eigenvalue weighted by Gasteiger charge is -2.37. The maximum atomic E-state index is 4.44. The quantitative estimate of drug-likeness (QED) is 0.881. The van der Waals surface area contributed by atoms with Gasteiger partial charge in [-0.25, -0.2) is 9.97 Å². The normalized spacial score (nSPS) is 24.3. The molecule has 2 fully saturated rings. The number of hydrogen-bond acceptors (Lipinski definition) is 4. The third-order valence-corrected chi connectivity index (χ3v) is 3.93. The van der Waals surface area contributed by atoms with E-state index >= 15 is 0 Å². The lowest BCUT2D eigenvalue weighted by molar-refractivity contribution is 0.431. The summed E-state index contributed by atoms with van der Waals surface area (Å²) in [6, 6.07) is 3.50. The Kier molecular flexibility index (Phi) is 3.46. The fourth-order valence-electron chi connectivity index (χ4n) is 2.70. The van der Waals surface area contributed by atoms with Crippen molar-refractivity contribution in [1.82, 2.24) is 15.3 Å². The molecule has 1 aliphatic carbocycles. The van der Waals surface area contributed by atoms with E-state index in [-0.39, 0.29) is 0 Å². The van der Waals surface area contributed by atoms with Gasteiger partial charge in [0.05, 0.1) is 0 Å². The highest BCUT2D eigenvalue weighted by atomic mass is 15.2. The molecule has 1 unspecified atom stereocenters. The van der Waals surface area contributed by atoms with Crippen molar-refractivity contribution in [3.63, 3.8) is 0 Å². The van der Waals surface area contributed by atoms with E-state index in [0.717, 1.165) is 30.6 Å². The van der Waals surface area contributed by atoms with Crippen molar-refractivity contribution in [2.24, 2.45) is 0 Å². The number of aryl methyl sites for hydroxylation is 1. The maximum absolute atomic E-state index is 4.44. The zero-order valence-corrected chi connectivity index (χ0v) is 11.1. The van der Waals surface area contributed by atoms with Crippen molar-refractivity contribution in [3.8, 4) is 0 Å². The van der Waals surface area contributed by atoms with Crippen LogP contribution in [0.25, 0.3) is 0 Å². The van der Waals surface area contributed by atoms with Crippen molar-refractivity contribution >= 4 is 5.82 Å². The molecular weight excluding hydrogens is 224 g/mol. The Labute approximate surface area is 109 Å². The van der Waals surface area contributed by atoms with E-state index in [4.69, 9.17) is 0 Å². The molecule has 1 aliphatic heterocycles. The van der Waals surface area contributed by atoms with Gasteiger partial charge in [-0.3, -0.25) is 0 Å². The highest BCUT2D eigenvalue weighted by Crippen LogP contribution is 2.24. The predicted octanol–water partition coefficient (Wildman–Crippen LogP) is 1.90. The second-order valence-electron chi connectivity index (χ2n) is 5.54. The zero-order chi connectivity index (χ0) is 12.4. The summed E-state index contributed by atoms with van der Waals surface area (Å²) in [7, 11) is 0. The summed E-state index contributed by atoms with van der Waals surface area (Å²) in [6.07, 6.45) is 8.31. The first-order valence-corrected chi connectivity index (χ1v) is 7.11. The van der Waals surface area contributed by atoms with E-state index < -0.39 is 0 Å². The molecule has 1 aromatic heterocycles.